The van der Waals surface area contributed by atoms with Crippen molar-refractivity contribution in [2.45, 2.75) is 141 Å². The molecule has 5 aromatic rings. The lowest BCUT2D eigenvalue weighted by molar-refractivity contribution is -0.129. The fourth-order valence-electron chi connectivity index (χ4n) is 13.5. The van der Waals surface area contributed by atoms with Gasteiger partial charge in [0.2, 0.25) is 11.8 Å². The van der Waals surface area contributed by atoms with E-state index in [1.54, 1.807) is 37.1 Å². The molecule has 3 aromatic heterocycles. The van der Waals surface area contributed by atoms with Crippen molar-refractivity contribution in [2.75, 3.05) is 60.5 Å². The predicted molar refractivity (Wildman–Crippen MR) is 280 cm³/mol. The van der Waals surface area contributed by atoms with Gasteiger partial charge in [0, 0.05) is 130 Å². The first kappa shape index (κ1) is 49.4. The molecule has 17 heteroatoms. The van der Waals surface area contributed by atoms with Gasteiger partial charge in [0.1, 0.15) is 12.2 Å². The van der Waals surface area contributed by atoms with E-state index in [2.05, 4.69) is 72.5 Å². The third-order valence-electron chi connectivity index (χ3n) is 17.6. The van der Waals surface area contributed by atoms with Crippen LogP contribution in [0, 0.1) is 22.7 Å². The second-order valence-corrected chi connectivity index (χ2v) is 23.2. The summed E-state index contributed by atoms with van der Waals surface area (Å²) in [7, 11) is 1.80. The average molecular weight is 1020 g/mol. The fraction of sp³-hybridized carbons (Fsp3) is 0.571. The Morgan fingerprint density at radius 2 is 1.78 bits per heavy atom. The number of hydrogen-bond acceptors (Lipinski definition) is 11. The zero-order valence-corrected chi connectivity index (χ0v) is 43.8. The summed E-state index contributed by atoms with van der Waals surface area (Å²) in [5.41, 5.74) is 7.07. The number of nitriles is 1. The van der Waals surface area contributed by atoms with Crippen molar-refractivity contribution in [1.29, 1.82) is 5.26 Å². The lowest BCUT2D eigenvalue weighted by Crippen LogP contribution is -2.54. The van der Waals surface area contributed by atoms with Gasteiger partial charge in [-0.3, -0.25) is 19.1 Å². The topological polar surface area (TPSA) is 128 Å². The number of fused-ring (bicyclic) bond motifs is 2. The first-order valence-corrected chi connectivity index (χ1v) is 27.1. The van der Waals surface area contributed by atoms with Crippen molar-refractivity contribution in [1.82, 2.24) is 39.6 Å². The molecule has 2 aromatic carbocycles. The Hall–Kier alpha value is -5.79. The largest absolute Gasteiger partial charge is 0.473 e. The summed E-state index contributed by atoms with van der Waals surface area (Å²) in [4.78, 5) is 24.3. The van der Waals surface area contributed by atoms with Crippen LogP contribution in [0.25, 0.3) is 11.1 Å². The van der Waals surface area contributed by atoms with Crippen LogP contribution in [0.15, 0.2) is 54.9 Å². The number of carbonyl (C=O) groups excluding carboxylic acids is 1. The van der Waals surface area contributed by atoms with E-state index in [9.17, 15) is 18.8 Å². The van der Waals surface area contributed by atoms with Gasteiger partial charge in [-0.15, -0.1) is 10.2 Å². The maximum absolute atomic E-state index is 14.8. The van der Waals surface area contributed by atoms with Crippen LogP contribution >= 0.6 is 11.6 Å². The molecule has 11 rings (SSSR count). The van der Waals surface area contributed by atoms with Crippen molar-refractivity contribution in [3.8, 4) is 23.1 Å². The smallest absolute Gasteiger partial charge is 0.264 e. The van der Waals surface area contributed by atoms with Gasteiger partial charge in [-0.05, 0) is 144 Å². The molecule has 0 bridgehead atoms. The molecule has 73 heavy (non-hydrogen) atoms. The second kappa shape index (κ2) is 19.8. The molecule has 1 aliphatic carbocycles. The van der Waals surface area contributed by atoms with Gasteiger partial charge in [-0.2, -0.15) is 15.5 Å². The molecule has 6 aliphatic rings. The number of halogens is 3. The minimum Gasteiger partial charge on any atom is -0.473 e. The third kappa shape index (κ3) is 9.76. The molecule has 14 nitrogen and oxygen atoms in total. The molecule has 1 amide bonds. The number of alkyl halides is 2. The van der Waals surface area contributed by atoms with Crippen LogP contribution in [0.1, 0.15) is 132 Å². The highest BCUT2D eigenvalue weighted by molar-refractivity contribution is 6.32. The highest BCUT2D eigenvalue weighted by Crippen LogP contribution is 2.47. The van der Waals surface area contributed by atoms with E-state index in [0.29, 0.717) is 59.2 Å². The summed E-state index contributed by atoms with van der Waals surface area (Å²) in [6, 6.07) is 16.3. The number of rotatable bonds is 10. The van der Waals surface area contributed by atoms with Crippen molar-refractivity contribution in [3.05, 3.63) is 87.8 Å². The molecule has 8 heterocycles. The SMILES string of the molecule is CC(=O)N1CCc2c(c(N3CCCc4cc(-c5cnn(C)c5)c(C(F)F)cc43)nn2C2CCC(CN3CCC(Oc4ccc(N5CCC6(CC5)C[C@H](C)N(c5ccc(C#N)c(Cl)c5)C6)nn4)CC3(C)C)CC2)C1. The lowest BCUT2D eigenvalue weighted by Gasteiger charge is -2.47. The fourth-order valence-corrected chi connectivity index (χ4v) is 13.7. The number of aryl methyl sites for hydroxylation is 2. The van der Waals surface area contributed by atoms with E-state index in [-0.39, 0.29) is 34.6 Å². The second-order valence-electron chi connectivity index (χ2n) is 22.8. The Kier molecular flexibility index (Phi) is 13.4. The van der Waals surface area contributed by atoms with Crippen molar-refractivity contribution in [3.63, 3.8) is 0 Å². The van der Waals surface area contributed by atoms with Crippen LogP contribution in [-0.4, -0.2) is 109 Å². The number of anilines is 4. The van der Waals surface area contributed by atoms with Crippen LogP contribution in [0.4, 0.5) is 31.8 Å². The quantitative estimate of drug-likeness (QED) is 0.133. The molecule has 2 atom stereocenters. The van der Waals surface area contributed by atoms with Gasteiger partial charge in [-0.25, -0.2) is 8.78 Å². The zero-order chi connectivity index (χ0) is 50.8. The van der Waals surface area contributed by atoms with Gasteiger partial charge in [-0.1, -0.05) is 11.6 Å². The van der Waals surface area contributed by atoms with Crippen LogP contribution in [0.2, 0.25) is 5.02 Å². The highest BCUT2D eigenvalue weighted by atomic mass is 35.5. The Morgan fingerprint density at radius 3 is 2.47 bits per heavy atom. The van der Waals surface area contributed by atoms with E-state index in [4.69, 9.17) is 21.4 Å². The molecular formula is C56H69ClF2N12O2. The number of carbonyl (C=O) groups is 1. The number of aromatic nitrogens is 6. The van der Waals surface area contributed by atoms with Crippen LogP contribution in [0.5, 0.6) is 5.88 Å². The first-order valence-electron chi connectivity index (χ1n) is 26.7. The normalized spacial score (nSPS) is 23.9. The number of hydrogen-bond donors (Lipinski definition) is 0. The molecule has 5 aliphatic heterocycles. The minimum atomic E-state index is -2.65. The summed E-state index contributed by atoms with van der Waals surface area (Å²) in [5.74, 6) is 2.90. The van der Waals surface area contributed by atoms with Gasteiger partial charge in [0.25, 0.3) is 6.43 Å². The van der Waals surface area contributed by atoms with E-state index in [1.807, 2.05) is 35.2 Å². The van der Waals surface area contributed by atoms with Crippen molar-refractivity contribution >= 4 is 40.5 Å². The highest BCUT2D eigenvalue weighted by Gasteiger charge is 2.45. The van der Waals surface area contributed by atoms with Crippen molar-refractivity contribution < 1.29 is 18.3 Å². The molecule has 0 radical (unpaired) electrons. The Balaban J connectivity index is 0.697. The zero-order valence-electron chi connectivity index (χ0n) is 43.0. The van der Waals surface area contributed by atoms with Gasteiger partial charge >= 0.3 is 0 Å². The van der Waals surface area contributed by atoms with Crippen LogP contribution in [0.3, 0.4) is 0 Å². The molecule has 1 unspecified atom stereocenters. The Labute approximate surface area is 433 Å². The van der Waals surface area contributed by atoms with Crippen LogP contribution < -0.4 is 19.4 Å². The van der Waals surface area contributed by atoms with Gasteiger partial charge < -0.3 is 24.3 Å². The number of piperidine rings is 2. The summed E-state index contributed by atoms with van der Waals surface area (Å²) in [6.07, 6.45) is 12.7. The first-order chi connectivity index (χ1) is 35.1. The predicted octanol–water partition coefficient (Wildman–Crippen LogP) is 10.5. The molecule has 3 saturated heterocycles. The molecule has 0 N–H and O–H groups in total. The number of ether oxygens (including phenoxy) is 1. The Bertz CT molecular complexity index is 2880. The summed E-state index contributed by atoms with van der Waals surface area (Å²) in [6.45, 7) is 15.3. The number of likely N-dealkylation sites (tertiary alicyclic amines) is 1. The van der Waals surface area contributed by atoms with Gasteiger partial charge in [0.05, 0.1) is 29.4 Å². The average Bonchev–Trinajstić information content (AvgIpc) is 4.09. The van der Waals surface area contributed by atoms with E-state index >= 15 is 0 Å². The molecule has 4 fully saturated rings. The standard InChI is InChI=1S/C56H69ClF2N12O2/c1-36-28-56(35-70(36)43-13-10-40(30-60)48(57)26-43)18-23-66(24-19-56)51-14-15-52(63-62-51)73-44-16-22-68(55(3,4)29-44)32-38-8-11-42(12-9-38)71-49-17-21-67(37(2)72)34-47(49)54(64-71)69-20-6-7-39-25-45(41-31-61-65(5)33-41)46(53(58)59)27-50(39)69/h10,13-15,25-27,31,33,36,38,42,44,53H,6-9,11-12,16-24,28-29,32,34-35H2,1-5H3/t36-,38?,42?,44?/m0/s1. The molecular weight excluding hydrogens is 946 g/mol. The van der Waals surface area contributed by atoms with E-state index in [0.717, 1.165) is 144 Å². The molecule has 1 spiro atoms. The summed E-state index contributed by atoms with van der Waals surface area (Å²) in [5, 5.41) is 28.8. The third-order valence-corrected chi connectivity index (χ3v) is 17.9. The Morgan fingerprint density at radius 1 is 0.973 bits per heavy atom. The van der Waals surface area contributed by atoms with Gasteiger partial charge in [0.15, 0.2) is 11.6 Å². The molecule has 1 saturated carbocycles. The van der Waals surface area contributed by atoms with E-state index in [1.165, 1.54) is 5.69 Å². The number of amides is 1. The monoisotopic (exact) mass is 1010 g/mol. The minimum absolute atomic E-state index is 0.000871. The maximum atomic E-state index is 14.8. The van der Waals surface area contributed by atoms with E-state index < -0.39 is 6.43 Å². The summed E-state index contributed by atoms with van der Waals surface area (Å²) >= 11 is 6.42. The molecule has 386 valence electrons. The summed E-state index contributed by atoms with van der Waals surface area (Å²) < 4.78 is 40.1. The number of benzene rings is 2. The lowest BCUT2D eigenvalue weighted by atomic mass is 9.77. The maximum Gasteiger partial charge on any atom is 0.264 e. The van der Waals surface area contributed by atoms with Crippen LogP contribution in [-0.2, 0) is 31.2 Å². The van der Waals surface area contributed by atoms with Crippen molar-refractivity contribution in [2.24, 2.45) is 18.4 Å². The number of nitrogens with zero attached hydrogens (tertiary/aromatic N) is 12.